The SMILES string of the molecule is CC1(C)O[C@H]2OC(CO)(CO)[C@@](CCCOCc3ccccc3)(OCc3ccccc3)[C@H]2O1. The molecule has 0 unspecified atom stereocenters. The predicted molar refractivity (Wildman–Crippen MR) is 121 cm³/mol. The molecule has 2 aliphatic heterocycles. The average molecular weight is 459 g/mol. The molecule has 0 spiro atoms. The highest BCUT2D eigenvalue weighted by Gasteiger charge is 2.71. The van der Waals surface area contributed by atoms with Gasteiger partial charge in [-0.05, 0) is 37.8 Å². The lowest BCUT2D eigenvalue weighted by Gasteiger charge is -2.45. The van der Waals surface area contributed by atoms with E-state index >= 15 is 0 Å². The van der Waals surface area contributed by atoms with Crippen LogP contribution in [0.15, 0.2) is 60.7 Å². The van der Waals surface area contributed by atoms with Gasteiger partial charge >= 0.3 is 0 Å². The van der Waals surface area contributed by atoms with E-state index in [2.05, 4.69) is 0 Å². The molecule has 0 aromatic heterocycles. The van der Waals surface area contributed by atoms with Crippen molar-refractivity contribution in [2.24, 2.45) is 0 Å². The van der Waals surface area contributed by atoms with E-state index in [1.807, 2.05) is 74.5 Å². The third-order valence-corrected chi connectivity index (χ3v) is 6.43. The molecule has 0 radical (unpaired) electrons. The summed E-state index contributed by atoms with van der Waals surface area (Å²) in [6.07, 6.45) is -0.277. The van der Waals surface area contributed by atoms with Crippen molar-refractivity contribution in [3.63, 3.8) is 0 Å². The summed E-state index contributed by atoms with van der Waals surface area (Å²) < 4.78 is 30.7. The Labute approximate surface area is 195 Å². The second kappa shape index (κ2) is 10.2. The smallest absolute Gasteiger partial charge is 0.191 e. The number of fused-ring (bicyclic) bond motifs is 1. The van der Waals surface area contributed by atoms with E-state index in [9.17, 15) is 10.2 Å². The first-order valence-corrected chi connectivity index (χ1v) is 11.5. The molecule has 180 valence electrons. The Hall–Kier alpha value is -1.84. The third kappa shape index (κ3) is 5.00. The van der Waals surface area contributed by atoms with Crippen LogP contribution < -0.4 is 0 Å². The van der Waals surface area contributed by atoms with Crippen molar-refractivity contribution < 1.29 is 33.9 Å². The summed E-state index contributed by atoms with van der Waals surface area (Å²) in [5.41, 5.74) is -0.414. The van der Waals surface area contributed by atoms with Crippen LogP contribution in [0.3, 0.4) is 0 Å². The molecule has 7 nitrogen and oxygen atoms in total. The fourth-order valence-electron chi connectivity index (χ4n) is 4.75. The Morgan fingerprint density at radius 2 is 1.42 bits per heavy atom. The van der Waals surface area contributed by atoms with Gasteiger partial charge in [0.1, 0.15) is 17.3 Å². The molecule has 2 fully saturated rings. The molecule has 0 bridgehead atoms. The molecule has 2 aromatic carbocycles. The summed E-state index contributed by atoms with van der Waals surface area (Å²) in [5, 5.41) is 20.8. The van der Waals surface area contributed by atoms with Crippen LogP contribution in [0.1, 0.15) is 37.8 Å². The zero-order valence-corrected chi connectivity index (χ0v) is 19.3. The molecule has 2 heterocycles. The minimum atomic E-state index is -1.37. The van der Waals surface area contributed by atoms with Crippen molar-refractivity contribution in [2.75, 3.05) is 19.8 Å². The van der Waals surface area contributed by atoms with Gasteiger partial charge in [0.05, 0.1) is 26.4 Å². The van der Waals surface area contributed by atoms with Gasteiger partial charge in [0, 0.05) is 6.61 Å². The average Bonchev–Trinajstić information content (AvgIpc) is 3.26. The Kier molecular flexibility index (Phi) is 7.50. The molecule has 0 aliphatic carbocycles. The van der Waals surface area contributed by atoms with Crippen molar-refractivity contribution in [3.05, 3.63) is 71.8 Å². The maximum atomic E-state index is 10.4. The second-order valence-corrected chi connectivity index (χ2v) is 9.16. The molecule has 3 atom stereocenters. The maximum absolute atomic E-state index is 10.4. The first-order valence-electron chi connectivity index (χ1n) is 11.5. The highest BCUT2D eigenvalue weighted by molar-refractivity contribution is 5.18. The number of hydrogen-bond donors (Lipinski definition) is 2. The minimum absolute atomic E-state index is 0.282. The standard InChI is InChI=1S/C26H34O7/c1-24(2)31-22-23(32-24)33-25(18-27,19-28)26(22,30-17-21-12-7-4-8-13-21)14-9-15-29-16-20-10-5-3-6-11-20/h3-8,10-13,22-23,27-28H,9,14-19H2,1-2H3/t22-,23-,26-/m0/s1. The quantitative estimate of drug-likeness (QED) is 0.500. The van der Waals surface area contributed by atoms with Gasteiger partial charge < -0.3 is 33.9 Å². The lowest BCUT2D eigenvalue weighted by atomic mass is 9.77. The molecular weight excluding hydrogens is 424 g/mol. The van der Waals surface area contributed by atoms with Crippen molar-refractivity contribution in [1.29, 1.82) is 0 Å². The van der Waals surface area contributed by atoms with Crippen LogP contribution in [0.2, 0.25) is 0 Å². The number of hydrogen-bond acceptors (Lipinski definition) is 7. The summed E-state index contributed by atoms with van der Waals surface area (Å²) in [6, 6.07) is 19.8. The number of benzene rings is 2. The molecule has 2 N–H and O–H groups in total. The summed E-state index contributed by atoms with van der Waals surface area (Å²) in [6.45, 7) is 4.06. The summed E-state index contributed by atoms with van der Waals surface area (Å²) in [5.74, 6) is -0.864. The lowest BCUT2D eigenvalue weighted by Crippen LogP contribution is -2.63. The van der Waals surface area contributed by atoms with Crippen molar-refractivity contribution >= 4 is 0 Å². The van der Waals surface area contributed by atoms with Gasteiger partial charge in [0.15, 0.2) is 12.1 Å². The largest absolute Gasteiger partial charge is 0.393 e. The minimum Gasteiger partial charge on any atom is -0.393 e. The fraction of sp³-hybridized carbons (Fsp3) is 0.538. The summed E-state index contributed by atoms with van der Waals surface area (Å²) in [7, 11) is 0. The van der Waals surface area contributed by atoms with Gasteiger partial charge in [-0.25, -0.2) is 0 Å². The number of aliphatic hydroxyl groups excluding tert-OH is 2. The van der Waals surface area contributed by atoms with Crippen LogP contribution in [-0.2, 0) is 36.9 Å². The lowest BCUT2D eigenvalue weighted by molar-refractivity contribution is -0.286. The maximum Gasteiger partial charge on any atom is 0.191 e. The normalized spacial score (nSPS) is 27.5. The van der Waals surface area contributed by atoms with Crippen molar-refractivity contribution in [1.82, 2.24) is 0 Å². The molecule has 0 amide bonds. The zero-order chi connectivity index (χ0) is 23.4. The fourth-order valence-corrected chi connectivity index (χ4v) is 4.75. The van der Waals surface area contributed by atoms with Gasteiger partial charge in [-0.3, -0.25) is 0 Å². The zero-order valence-electron chi connectivity index (χ0n) is 19.3. The van der Waals surface area contributed by atoms with E-state index in [-0.39, 0.29) is 6.61 Å². The van der Waals surface area contributed by atoms with Crippen LogP contribution in [0.5, 0.6) is 0 Å². The molecule has 0 saturated carbocycles. The predicted octanol–water partition coefficient (Wildman–Crippen LogP) is 3.17. The topological polar surface area (TPSA) is 86.6 Å². The first-order chi connectivity index (χ1) is 15.9. The van der Waals surface area contributed by atoms with Crippen molar-refractivity contribution in [3.8, 4) is 0 Å². The van der Waals surface area contributed by atoms with Gasteiger partial charge in [-0.2, -0.15) is 0 Å². The van der Waals surface area contributed by atoms with Crippen LogP contribution in [-0.4, -0.2) is 59.4 Å². The van der Waals surface area contributed by atoms with Gasteiger partial charge in [-0.1, -0.05) is 60.7 Å². The number of aliphatic hydroxyl groups is 2. The molecule has 7 heteroatoms. The van der Waals surface area contributed by atoms with Gasteiger partial charge in [0.25, 0.3) is 0 Å². The van der Waals surface area contributed by atoms with E-state index in [1.54, 1.807) is 0 Å². The summed E-state index contributed by atoms with van der Waals surface area (Å²) >= 11 is 0. The molecule has 2 saturated heterocycles. The van der Waals surface area contributed by atoms with Crippen LogP contribution in [0.4, 0.5) is 0 Å². The van der Waals surface area contributed by atoms with E-state index in [0.29, 0.717) is 26.1 Å². The number of ether oxygens (including phenoxy) is 5. The van der Waals surface area contributed by atoms with E-state index in [0.717, 1.165) is 11.1 Å². The third-order valence-electron chi connectivity index (χ3n) is 6.43. The summed E-state index contributed by atoms with van der Waals surface area (Å²) in [4.78, 5) is 0. The molecule has 4 rings (SSSR count). The Bertz CT molecular complexity index is 869. The van der Waals surface area contributed by atoms with Crippen LogP contribution in [0, 0.1) is 0 Å². The van der Waals surface area contributed by atoms with Gasteiger partial charge in [-0.15, -0.1) is 0 Å². The second-order valence-electron chi connectivity index (χ2n) is 9.16. The first kappa shape index (κ1) is 24.3. The molecule has 2 aliphatic rings. The highest BCUT2D eigenvalue weighted by Crippen LogP contribution is 2.52. The number of rotatable bonds is 11. The van der Waals surface area contributed by atoms with E-state index in [1.165, 1.54) is 0 Å². The molecular formula is C26H34O7. The van der Waals surface area contributed by atoms with Crippen LogP contribution in [0.25, 0.3) is 0 Å². The van der Waals surface area contributed by atoms with E-state index in [4.69, 9.17) is 23.7 Å². The molecule has 2 aromatic rings. The monoisotopic (exact) mass is 458 g/mol. The highest BCUT2D eigenvalue weighted by atomic mass is 16.9. The van der Waals surface area contributed by atoms with Crippen LogP contribution >= 0.6 is 0 Å². The van der Waals surface area contributed by atoms with E-state index < -0.39 is 42.6 Å². The van der Waals surface area contributed by atoms with Crippen molar-refractivity contribution in [2.45, 2.75) is 69.3 Å². The Balaban J connectivity index is 1.52. The van der Waals surface area contributed by atoms with Gasteiger partial charge in [0.2, 0.25) is 0 Å². The Morgan fingerprint density at radius 3 is 2.03 bits per heavy atom. The Morgan fingerprint density at radius 1 is 0.818 bits per heavy atom. The molecule has 33 heavy (non-hydrogen) atoms.